The average Bonchev–Trinajstić information content (AvgIpc) is 3.00. The monoisotopic (exact) mass is 316 g/mol. The smallest absolute Gasteiger partial charge is 0.144 e. The molecule has 6 heteroatoms. The number of nitrogens with one attached hydrogen (secondary N) is 2. The van der Waals surface area contributed by atoms with Gasteiger partial charge in [-0.25, -0.2) is 15.0 Å². The summed E-state index contributed by atoms with van der Waals surface area (Å²) in [5, 5.41) is 4.31. The summed E-state index contributed by atoms with van der Waals surface area (Å²) in [7, 11) is 0. The zero-order valence-corrected chi connectivity index (χ0v) is 13.1. The minimum atomic E-state index is 0.479. The van der Waals surface area contributed by atoms with E-state index in [1.807, 2.05) is 55.6 Å². The topological polar surface area (TPSA) is 92.5 Å². The minimum absolute atomic E-state index is 0.479. The zero-order valence-electron chi connectivity index (χ0n) is 13.1. The van der Waals surface area contributed by atoms with Crippen LogP contribution in [0.3, 0.4) is 0 Å². The summed E-state index contributed by atoms with van der Waals surface area (Å²) >= 11 is 0. The highest BCUT2D eigenvalue weighted by Crippen LogP contribution is 2.33. The number of nitrogens with two attached hydrogens (primary N) is 1. The van der Waals surface area contributed by atoms with Gasteiger partial charge < -0.3 is 16.0 Å². The van der Waals surface area contributed by atoms with Gasteiger partial charge in [-0.2, -0.15) is 0 Å². The van der Waals surface area contributed by atoms with Crippen molar-refractivity contribution in [2.45, 2.75) is 6.92 Å². The van der Waals surface area contributed by atoms with Crippen molar-refractivity contribution in [2.24, 2.45) is 0 Å². The van der Waals surface area contributed by atoms with E-state index >= 15 is 0 Å². The first-order valence-corrected chi connectivity index (χ1v) is 7.60. The van der Waals surface area contributed by atoms with Crippen molar-refractivity contribution >= 4 is 28.4 Å². The SMILES string of the molecule is Cc1nc(Nc2ccccc2)c2c(-c3ccnc(N)c3)c[nH]c2n1. The lowest BCUT2D eigenvalue weighted by molar-refractivity contribution is 1.08. The van der Waals surface area contributed by atoms with Crippen molar-refractivity contribution in [2.75, 3.05) is 11.1 Å². The van der Waals surface area contributed by atoms with E-state index in [0.717, 1.165) is 33.7 Å². The lowest BCUT2D eigenvalue weighted by atomic mass is 10.1. The Kier molecular flexibility index (Phi) is 3.35. The Hall–Kier alpha value is -3.41. The molecule has 0 bridgehead atoms. The highest BCUT2D eigenvalue weighted by Gasteiger charge is 2.14. The van der Waals surface area contributed by atoms with Crippen molar-refractivity contribution < 1.29 is 0 Å². The maximum absolute atomic E-state index is 5.83. The van der Waals surface area contributed by atoms with E-state index in [4.69, 9.17) is 5.73 Å². The summed E-state index contributed by atoms with van der Waals surface area (Å²) in [6.45, 7) is 1.88. The van der Waals surface area contributed by atoms with Gasteiger partial charge in [-0.3, -0.25) is 0 Å². The van der Waals surface area contributed by atoms with Crippen LogP contribution in [0.2, 0.25) is 0 Å². The number of aryl methyl sites for hydroxylation is 1. The Labute approximate surface area is 138 Å². The Morgan fingerprint density at radius 2 is 1.92 bits per heavy atom. The summed E-state index contributed by atoms with van der Waals surface area (Å²) < 4.78 is 0. The Morgan fingerprint density at radius 1 is 1.08 bits per heavy atom. The number of pyridine rings is 1. The molecule has 0 aliphatic heterocycles. The third-order valence-corrected chi connectivity index (χ3v) is 3.77. The van der Waals surface area contributed by atoms with Crippen LogP contribution in [0.5, 0.6) is 0 Å². The number of benzene rings is 1. The van der Waals surface area contributed by atoms with Crippen LogP contribution in [-0.2, 0) is 0 Å². The van der Waals surface area contributed by atoms with Crippen LogP contribution in [-0.4, -0.2) is 19.9 Å². The van der Waals surface area contributed by atoms with E-state index in [1.54, 1.807) is 6.20 Å². The Bertz CT molecular complexity index is 1010. The van der Waals surface area contributed by atoms with Crippen LogP contribution in [0.4, 0.5) is 17.3 Å². The highest BCUT2D eigenvalue weighted by molar-refractivity contribution is 6.02. The normalized spacial score (nSPS) is 10.9. The van der Waals surface area contributed by atoms with Gasteiger partial charge >= 0.3 is 0 Å². The fourth-order valence-corrected chi connectivity index (χ4v) is 2.74. The first-order chi connectivity index (χ1) is 11.7. The van der Waals surface area contributed by atoms with Gasteiger partial charge in [-0.05, 0) is 36.8 Å². The molecule has 24 heavy (non-hydrogen) atoms. The minimum Gasteiger partial charge on any atom is -0.384 e. The van der Waals surface area contributed by atoms with Gasteiger partial charge in [0.1, 0.15) is 23.1 Å². The predicted octanol–water partition coefficient (Wildman–Crippen LogP) is 3.65. The van der Waals surface area contributed by atoms with Crippen LogP contribution in [0.15, 0.2) is 54.9 Å². The number of nitrogen functional groups attached to an aromatic ring is 1. The lowest BCUT2D eigenvalue weighted by Crippen LogP contribution is -1.99. The molecule has 4 rings (SSSR count). The maximum Gasteiger partial charge on any atom is 0.144 e. The molecule has 0 radical (unpaired) electrons. The number of anilines is 3. The van der Waals surface area contributed by atoms with Crippen LogP contribution < -0.4 is 11.1 Å². The molecule has 6 nitrogen and oxygen atoms in total. The molecule has 118 valence electrons. The third-order valence-electron chi connectivity index (χ3n) is 3.77. The number of H-pyrrole nitrogens is 1. The van der Waals surface area contributed by atoms with Crippen LogP contribution in [0.25, 0.3) is 22.2 Å². The van der Waals surface area contributed by atoms with E-state index in [2.05, 4.69) is 25.3 Å². The molecule has 0 aliphatic rings. The predicted molar refractivity (Wildman–Crippen MR) is 96.0 cm³/mol. The number of rotatable bonds is 3. The molecule has 4 N–H and O–H groups in total. The highest BCUT2D eigenvalue weighted by atomic mass is 15.1. The molecule has 0 fully saturated rings. The fourth-order valence-electron chi connectivity index (χ4n) is 2.74. The molecule has 0 atom stereocenters. The summed E-state index contributed by atoms with van der Waals surface area (Å²) in [4.78, 5) is 16.4. The number of fused-ring (bicyclic) bond motifs is 1. The van der Waals surface area contributed by atoms with Crippen molar-refractivity contribution in [3.8, 4) is 11.1 Å². The summed E-state index contributed by atoms with van der Waals surface area (Å²) in [5.41, 5.74) is 9.53. The van der Waals surface area contributed by atoms with Crippen LogP contribution >= 0.6 is 0 Å². The molecule has 0 spiro atoms. The van der Waals surface area contributed by atoms with Crippen LogP contribution in [0, 0.1) is 6.92 Å². The number of para-hydroxylation sites is 1. The van der Waals surface area contributed by atoms with E-state index in [0.29, 0.717) is 11.6 Å². The van der Waals surface area contributed by atoms with Gasteiger partial charge in [0.15, 0.2) is 0 Å². The number of aromatic nitrogens is 4. The lowest BCUT2D eigenvalue weighted by Gasteiger charge is -2.09. The van der Waals surface area contributed by atoms with E-state index in [-0.39, 0.29) is 0 Å². The zero-order chi connectivity index (χ0) is 16.5. The molecule has 1 aromatic carbocycles. The van der Waals surface area contributed by atoms with Gasteiger partial charge in [0.05, 0.1) is 5.39 Å². The maximum atomic E-state index is 5.83. The summed E-state index contributed by atoms with van der Waals surface area (Å²) in [5.74, 6) is 1.94. The first-order valence-electron chi connectivity index (χ1n) is 7.60. The molecular formula is C18H16N6. The third kappa shape index (κ3) is 2.54. The Balaban J connectivity index is 1.91. The van der Waals surface area contributed by atoms with E-state index in [1.165, 1.54) is 0 Å². The number of hydrogen-bond donors (Lipinski definition) is 3. The standard InChI is InChI=1S/C18H16N6/c1-11-22-17-16(18(23-11)24-13-5-3-2-4-6-13)14(10-21-17)12-7-8-20-15(19)9-12/h2-10H,1H3,(H2,19,20)(H2,21,22,23,24). The molecule has 0 unspecified atom stereocenters. The summed E-state index contributed by atoms with van der Waals surface area (Å²) in [6.07, 6.45) is 3.62. The van der Waals surface area contributed by atoms with Crippen molar-refractivity contribution in [3.05, 3.63) is 60.7 Å². The molecule has 4 aromatic rings. The van der Waals surface area contributed by atoms with Crippen molar-refractivity contribution in [1.29, 1.82) is 0 Å². The van der Waals surface area contributed by atoms with E-state index < -0.39 is 0 Å². The number of aromatic amines is 1. The molecule has 0 saturated heterocycles. The first kappa shape index (κ1) is 14.2. The average molecular weight is 316 g/mol. The van der Waals surface area contributed by atoms with Crippen LogP contribution in [0.1, 0.15) is 5.82 Å². The van der Waals surface area contributed by atoms with Crippen molar-refractivity contribution in [3.63, 3.8) is 0 Å². The molecule has 0 aliphatic carbocycles. The molecular weight excluding hydrogens is 300 g/mol. The van der Waals surface area contributed by atoms with Gasteiger partial charge in [-0.15, -0.1) is 0 Å². The number of hydrogen-bond acceptors (Lipinski definition) is 5. The van der Waals surface area contributed by atoms with E-state index in [9.17, 15) is 0 Å². The fraction of sp³-hybridized carbons (Fsp3) is 0.0556. The van der Waals surface area contributed by atoms with Gasteiger partial charge in [0.25, 0.3) is 0 Å². The van der Waals surface area contributed by atoms with Gasteiger partial charge in [0.2, 0.25) is 0 Å². The van der Waals surface area contributed by atoms with Gasteiger partial charge in [-0.1, -0.05) is 18.2 Å². The largest absolute Gasteiger partial charge is 0.384 e. The summed E-state index contributed by atoms with van der Waals surface area (Å²) in [6, 6.07) is 13.7. The van der Waals surface area contributed by atoms with Crippen molar-refractivity contribution in [1.82, 2.24) is 19.9 Å². The Morgan fingerprint density at radius 3 is 2.71 bits per heavy atom. The molecule has 0 amide bonds. The van der Waals surface area contributed by atoms with Gasteiger partial charge in [0, 0.05) is 23.6 Å². The molecule has 3 aromatic heterocycles. The molecule has 3 heterocycles. The number of nitrogens with zero attached hydrogens (tertiary/aromatic N) is 3. The quantitative estimate of drug-likeness (QED) is 0.536. The second kappa shape index (κ2) is 5.66. The second-order valence-electron chi connectivity index (χ2n) is 5.51. The molecule has 0 saturated carbocycles. The second-order valence-corrected chi connectivity index (χ2v) is 5.51.